The molecule has 0 aliphatic carbocycles. The first kappa shape index (κ1) is 28.7. The monoisotopic (exact) mass is 557 g/mol. The summed E-state index contributed by atoms with van der Waals surface area (Å²) >= 11 is 0. The predicted octanol–water partition coefficient (Wildman–Crippen LogP) is 3.27. The van der Waals surface area contributed by atoms with E-state index in [1.807, 2.05) is 25.1 Å². The van der Waals surface area contributed by atoms with Crippen LogP contribution in [0.3, 0.4) is 0 Å². The van der Waals surface area contributed by atoms with E-state index in [4.69, 9.17) is 9.47 Å². The van der Waals surface area contributed by atoms with Crippen LogP contribution in [0.1, 0.15) is 49.1 Å². The number of carbonyl (C=O) groups excluding carboxylic acids is 6. The third kappa shape index (κ3) is 6.47. The summed E-state index contributed by atoms with van der Waals surface area (Å²) in [5.74, 6) is -4.54. The van der Waals surface area contributed by atoms with Crippen molar-refractivity contribution in [2.45, 2.75) is 26.8 Å². The lowest BCUT2D eigenvalue weighted by molar-refractivity contribution is -0.150. The summed E-state index contributed by atoms with van der Waals surface area (Å²) in [5, 5.41) is 5.26. The SMILES string of the molecule is Cc1ccccc1NC(=O)COC(=O)c1ccc2c(c1)C(=O)N([C@H](C)C(=O)OCC(=O)Nc1ccccc1C)C2=O. The topological polar surface area (TPSA) is 148 Å². The molecule has 1 heterocycles. The first-order chi connectivity index (χ1) is 19.6. The van der Waals surface area contributed by atoms with Gasteiger partial charge in [-0.05, 0) is 62.2 Å². The fourth-order valence-corrected chi connectivity index (χ4v) is 4.11. The molecule has 0 bridgehead atoms. The fourth-order valence-electron chi connectivity index (χ4n) is 4.11. The summed E-state index contributed by atoms with van der Waals surface area (Å²) in [7, 11) is 0. The molecule has 0 fully saturated rings. The van der Waals surface area contributed by atoms with E-state index in [9.17, 15) is 28.8 Å². The molecule has 3 aromatic rings. The number of hydrogen-bond donors (Lipinski definition) is 2. The second kappa shape index (κ2) is 12.2. The van der Waals surface area contributed by atoms with Crippen molar-refractivity contribution in [1.29, 1.82) is 0 Å². The third-order valence-corrected chi connectivity index (χ3v) is 6.40. The van der Waals surface area contributed by atoms with Gasteiger partial charge in [0.05, 0.1) is 16.7 Å². The van der Waals surface area contributed by atoms with E-state index in [-0.39, 0.29) is 16.7 Å². The standard InChI is InChI=1S/C30H27N3O8/c1-17-8-4-6-10-23(17)31-25(34)15-40-29(38)19(3)33-27(36)21-13-12-20(14-22(21)28(33)37)30(39)41-16-26(35)32-24-11-7-5-9-18(24)2/h4-14,19H,15-16H2,1-3H3,(H,31,34)(H,32,35)/t19-/m1/s1. The number of fused-ring (bicyclic) bond motifs is 1. The Hall–Kier alpha value is -5.32. The van der Waals surface area contributed by atoms with E-state index < -0.39 is 54.8 Å². The zero-order valence-corrected chi connectivity index (χ0v) is 22.6. The average Bonchev–Trinajstić information content (AvgIpc) is 3.21. The Kier molecular flexibility index (Phi) is 8.57. The van der Waals surface area contributed by atoms with Crippen molar-refractivity contribution in [3.8, 4) is 0 Å². The van der Waals surface area contributed by atoms with Gasteiger partial charge in [-0.3, -0.25) is 24.1 Å². The van der Waals surface area contributed by atoms with Crippen LogP contribution >= 0.6 is 0 Å². The number of ether oxygens (including phenoxy) is 2. The van der Waals surface area contributed by atoms with Crippen LogP contribution in [-0.2, 0) is 23.9 Å². The molecule has 11 nitrogen and oxygen atoms in total. The number of esters is 2. The van der Waals surface area contributed by atoms with Gasteiger partial charge in [0.15, 0.2) is 13.2 Å². The van der Waals surface area contributed by atoms with Gasteiger partial charge < -0.3 is 20.1 Å². The minimum atomic E-state index is -1.34. The average molecular weight is 558 g/mol. The molecule has 0 saturated heterocycles. The minimum absolute atomic E-state index is 0.0132. The quantitative estimate of drug-likeness (QED) is 0.301. The highest BCUT2D eigenvalue weighted by atomic mass is 16.5. The summed E-state index contributed by atoms with van der Waals surface area (Å²) in [6.45, 7) is 3.74. The predicted molar refractivity (Wildman–Crippen MR) is 147 cm³/mol. The van der Waals surface area contributed by atoms with E-state index in [2.05, 4.69) is 10.6 Å². The zero-order chi connectivity index (χ0) is 29.7. The lowest BCUT2D eigenvalue weighted by atomic mass is 10.1. The highest BCUT2D eigenvalue weighted by molar-refractivity contribution is 6.23. The van der Waals surface area contributed by atoms with E-state index in [1.165, 1.54) is 25.1 Å². The van der Waals surface area contributed by atoms with Gasteiger partial charge in [-0.1, -0.05) is 36.4 Å². The molecule has 0 spiro atoms. The van der Waals surface area contributed by atoms with Crippen molar-refractivity contribution in [1.82, 2.24) is 4.90 Å². The molecule has 4 amide bonds. The van der Waals surface area contributed by atoms with Gasteiger partial charge in [0.1, 0.15) is 6.04 Å². The molecule has 210 valence electrons. The van der Waals surface area contributed by atoms with Gasteiger partial charge in [-0.25, -0.2) is 9.59 Å². The Bertz CT molecular complexity index is 1560. The maximum absolute atomic E-state index is 13.0. The number of aryl methyl sites for hydroxylation is 2. The number of hydrogen-bond acceptors (Lipinski definition) is 8. The lowest BCUT2D eigenvalue weighted by Gasteiger charge is -2.20. The summed E-state index contributed by atoms with van der Waals surface area (Å²) in [5.41, 5.74) is 2.62. The van der Waals surface area contributed by atoms with E-state index in [0.717, 1.165) is 11.1 Å². The van der Waals surface area contributed by atoms with Crippen LogP contribution in [0.25, 0.3) is 0 Å². The van der Waals surface area contributed by atoms with E-state index in [0.29, 0.717) is 16.3 Å². The molecule has 3 aromatic carbocycles. The normalized spacial score (nSPS) is 12.8. The number of nitrogens with zero attached hydrogens (tertiary/aromatic N) is 1. The number of rotatable bonds is 9. The molecule has 0 radical (unpaired) electrons. The van der Waals surface area contributed by atoms with Gasteiger partial charge >= 0.3 is 11.9 Å². The fraction of sp³-hybridized carbons (Fsp3) is 0.200. The summed E-state index contributed by atoms with van der Waals surface area (Å²) in [6.07, 6.45) is 0. The Morgan fingerprint density at radius 1 is 0.732 bits per heavy atom. The van der Waals surface area contributed by atoms with Gasteiger partial charge in [0, 0.05) is 11.4 Å². The smallest absolute Gasteiger partial charge is 0.338 e. The van der Waals surface area contributed by atoms with E-state index in [1.54, 1.807) is 37.3 Å². The summed E-state index contributed by atoms with van der Waals surface area (Å²) in [6, 6.07) is 16.6. The number of imide groups is 1. The van der Waals surface area contributed by atoms with Crippen molar-refractivity contribution in [3.05, 3.63) is 94.5 Å². The Labute approximate surface area is 235 Å². The largest absolute Gasteiger partial charge is 0.454 e. The second-order valence-electron chi connectivity index (χ2n) is 9.33. The first-order valence-electron chi connectivity index (χ1n) is 12.6. The number of amides is 4. The minimum Gasteiger partial charge on any atom is -0.454 e. The molecular weight excluding hydrogens is 530 g/mol. The van der Waals surface area contributed by atoms with Gasteiger partial charge in [-0.2, -0.15) is 0 Å². The zero-order valence-electron chi connectivity index (χ0n) is 22.6. The van der Waals surface area contributed by atoms with Gasteiger partial charge in [0.25, 0.3) is 23.6 Å². The molecule has 0 saturated carbocycles. The van der Waals surface area contributed by atoms with Crippen LogP contribution < -0.4 is 10.6 Å². The van der Waals surface area contributed by atoms with Gasteiger partial charge in [0.2, 0.25) is 0 Å². The molecule has 11 heteroatoms. The van der Waals surface area contributed by atoms with Crippen molar-refractivity contribution >= 4 is 46.9 Å². The molecule has 1 atom stereocenters. The number of carbonyl (C=O) groups is 6. The van der Waals surface area contributed by atoms with Crippen LogP contribution in [-0.4, -0.2) is 59.7 Å². The van der Waals surface area contributed by atoms with Crippen molar-refractivity contribution in [3.63, 3.8) is 0 Å². The number of anilines is 2. The highest BCUT2D eigenvalue weighted by Gasteiger charge is 2.42. The lowest BCUT2D eigenvalue weighted by Crippen LogP contribution is -2.44. The Morgan fingerprint density at radius 2 is 1.24 bits per heavy atom. The van der Waals surface area contributed by atoms with Crippen LogP contribution in [0.4, 0.5) is 11.4 Å². The van der Waals surface area contributed by atoms with Crippen molar-refractivity contribution in [2.75, 3.05) is 23.8 Å². The molecule has 4 rings (SSSR count). The molecule has 1 aliphatic heterocycles. The van der Waals surface area contributed by atoms with E-state index >= 15 is 0 Å². The van der Waals surface area contributed by atoms with Crippen LogP contribution in [0, 0.1) is 13.8 Å². The van der Waals surface area contributed by atoms with Crippen molar-refractivity contribution in [2.24, 2.45) is 0 Å². The highest BCUT2D eigenvalue weighted by Crippen LogP contribution is 2.26. The Balaban J connectivity index is 1.34. The maximum Gasteiger partial charge on any atom is 0.338 e. The molecule has 0 aromatic heterocycles. The summed E-state index contributed by atoms with van der Waals surface area (Å²) < 4.78 is 10.1. The first-order valence-corrected chi connectivity index (χ1v) is 12.6. The number of para-hydroxylation sites is 2. The molecular formula is C30H27N3O8. The molecule has 0 unspecified atom stereocenters. The van der Waals surface area contributed by atoms with Crippen molar-refractivity contribution < 1.29 is 38.2 Å². The third-order valence-electron chi connectivity index (χ3n) is 6.40. The molecule has 2 N–H and O–H groups in total. The maximum atomic E-state index is 13.0. The molecule has 1 aliphatic rings. The number of benzene rings is 3. The molecule has 41 heavy (non-hydrogen) atoms. The Morgan fingerprint density at radius 3 is 1.80 bits per heavy atom. The number of nitrogens with one attached hydrogen (secondary N) is 2. The second-order valence-corrected chi connectivity index (χ2v) is 9.33. The van der Waals surface area contributed by atoms with Gasteiger partial charge in [-0.15, -0.1) is 0 Å². The van der Waals surface area contributed by atoms with Crippen LogP contribution in [0.15, 0.2) is 66.7 Å². The van der Waals surface area contributed by atoms with Crippen LogP contribution in [0.2, 0.25) is 0 Å². The summed E-state index contributed by atoms with van der Waals surface area (Å²) in [4.78, 5) is 76.3. The van der Waals surface area contributed by atoms with Crippen LogP contribution in [0.5, 0.6) is 0 Å².